The summed E-state index contributed by atoms with van der Waals surface area (Å²) < 4.78 is 12.7. The number of aliphatic hydroxyl groups is 1. The van der Waals surface area contributed by atoms with E-state index in [1.165, 1.54) is 12.1 Å². The summed E-state index contributed by atoms with van der Waals surface area (Å²) in [7, 11) is 0. The minimum atomic E-state index is -0.396. The third kappa shape index (κ3) is 2.54. The summed E-state index contributed by atoms with van der Waals surface area (Å²) in [5.41, 5.74) is 0.405. The largest absolute Gasteiger partial charge is 0.394 e. The van der Waals surface area contributed by atoms with Crippen LogP contribution in [0, 0.1) is 5.82 Å². The lowest BCUT2D eigenvalue weighted by atomic mass is 10.1. The van der Waals surface area contributed by atoms with Crippen LogP contribution in [0.25, 0.3) is 0 Å². The maximum atomic E-state index is 12.7. The fourth-order valence-electron chi connectivity index (χ4n) is 1.34. The lowest BCUT2D eigenvalue weighted by molar-refractivity contribution is 0.227. The SMILES string of the molecule is CC1(CO)CSC(Nc2ccc(F)cc2)=N1. The summed E-state index contributed by atoms with van der Waals surface area (Å²) >= 11 is 1.56. The molecule has 5 heteroatoms. The van der Waals surface area contributed by atoms with Gasteiger partial charge in [0, 0.05) is 11.4 Å². The Morgan fingerprint density at radius 1 is 1.50 bits per heavy atom. The molecular formula is C11H13FN2OS. The van der Waals surface area contributed by atoms with Crippen LogP contribution in [-0.2, 0) is 0 Å². The summed E-state index contributed by atoms with van der Waals surface area (Å²) in [5.74, 6) is 0.499. The summed E-state index contributed by atoms with van der Waals surface area (Å²) in [6, 6.07) is 6.11. The number of halogens is 1. The van der Waals surface area contributed by atoms with Crippen LogP contribution in [0.4, 0.5) is 10.1 Å². The van der Waals surface area contributed by atoms with Crippen LogP contribution in [0.5, 0.6) is 0 Å². The molecule has 2 rings (SSSR count). The number of nitrogens with zero attached hydrogens (tertiary/aromatic N) is 1. The summed E-state index contributed by atoms with van der Waals surface area (Å²) in [4.78, 5) is 4.38. The molecule has 0 fully saturated rings. The predicted molar refractivity (Wildman–Crippen MR) is 65.4 cm³/mol. The molecule has 1 unspecified atom stereocenters. The number of thioether (sulfide) groups is 1. The van der Waals surface area contributed by atoms with Gasteiger partial charge in [0.2, 0.25) is 0 Å². The fourth-order valence-corrected chi connectivity index (χ4v) is 2.41. The highest BCUT2D eigenvalue weighted by Gasteiger charge is 2.29. The zero-order chi connectivity index (χ0) is 11.6. The molecule has 0 aliphatic carbocycles. The van der Waals surface area contributed by atoms with Crippen LogP contribution in [0.2, 0.25) is 0 Å². The minimum Gasteiger partial charge on any atom is -0.394 e. The van der Waals surface area contributed by atoms with Crippen molar-refractivity contribution < 1.29 is 9.50 Å². The van der Waals surface area contributed by atoms with Crippen LogP contribution < -0.4 is 5.32 Å². The fraction of sp³-hybridized carbons (Fsp3) is 0.364. The standard InChI is InChI=1S/C11H13FN2OS/c1-11(6-15)7-16-10(14-11)13-9-4-2-8(12)3-5-9/h2-5,15H,6-7H2,1H3,(H,13,14). The van der Waals surface area contributed by atoms with Crippen LogP contribution in [-0.4, -0.2) is 28.2 Å². The van der Waals surface area contributed by atoms with Gasteiger partial charge in [0.1, 0.15) is 5.82 Å². The van der Waals surface area contributed by atoms with E-state index in [0.717, 1.165) is 16.6 Å². The van der Waals surface area contributed by atoms with Crippen molar-refractivity contribution in [1.29, 1.82) is 0 Å². The van der Waals surface area contributed by atoms with Crippen molar-refractivity contribution in [2.45, 2.75) is 12.5 Å². The predicted octanol–water partition coefficient (Wildman–Crippen LogP) is 2.09. The monoisotopic (exact) mass is 240 g/mol. The molecule has 2 N–H and O–H groups in total. The van der Waals surface area contributed by atoms with Gasteiger partial charge in [-0.15, -0.1) is 0 Å². The Hall–Kier alpha value is -1.07. The lowest BCUT2D eigenvalue weighted by Gasteiger charge is -2.14. The van der Waals surface area contributed by atoms with E-state index in [-0.39, 0.29) is 12.4 Å². The zero-order valence-corrected chi connectivity index (χ0v) is 9.72. The van der Waals surface area contributed by atoms with E-state index >= 15 is 0 Å². The first-order valence-corrected chi connectivity index (χ1v) is 5.96. The molecule has 86 valence electrons. The van der Waals surface area contributed by atoms with Crippen LogP contribution in [0.15, 0.2) is 29.3 Å². The van der Waals surface area contributed by atoms with Gasteiger partial charge in [0.05, 0.1) is 12.1 Å². The molecule has 1 heterocycles. The number of hydrogen-bond donors (Lipinski definition) is 2. The van der Waals surface area contributed by atoms with E-state index in [4.69, 9.17) is 5.11 Å². The molecule has 0 bridgehead atoms. The molecule has 0 aromatic heterocycles. The Morgan fingerprint density at radius 3 is 2.75 bits per heavy atom. The van der Waals surface area contributed by atoms with Gasteiger partial charge in [-0.1, -0.05) is 11.8 Å². The normalized spacial score (nSPS) is 24.3. The van der Waals surface area contributed by atoms with Gasteiger partial charge < -0.3 is 10.4 Å². The lowest BCUT2D eigenvalue weighted by Crippen LogP contribution is -2.26. The van der Waals surface area contributed by atoms with Crippen molar-refractivity contribution in [2.24, 2.45) is 4.99 Å². The van der Waals surface area contributed by atoms with Crippen molar-refractivity contribution in [3.05, 3.63) is 30.1 Å². The Labute approximate surface area is 97.8 Å². The number of aliphatic imine (C=N–C) groups is 1. The van der Waals surface area contributed by atoms with Gasteiger partial charge in [0.15, 0.2) is 5.17 Å². The number of anilines is 1. The Balaban J connectivity index is 2.06. The van der Waals surface area contributed by atoms with Crippen molar-refractivity contribution in [1.82, 2.24) is 0 Å². The quantitative estimate of drug-likeness (QED) is 0.832. The van der Waals surface area contributed by atoms with E-state index in [2.05, 4.69) is 10.3 Å². The zero-order valence-electron chi connectivity index (χ0n) is 8.90. The van der Waals surface area contributed by atoms with Gasteiger partial charge in [-0.2, -0.15) is 0 Å². The molecule has 16 heavy (non-hydrogen) atoms. The van der Waals surface area contributed by atoms with E-state index in [1.807, 2.05) is 6.92 Å². The maximum absolute atomic E-state index is 12.7. The van der Waals surface area contributed by atoms with Gasteiger partial charge in [0.25, 0.3) is 0 Å². The molecule has 0 saturated heterocycles. The maximum Gasteiger partial charge on any atom is 0.161 e. The highest BCUT2D eigenvalue weighted by molar-refractivity contribution is 8.14. The number of hydrogen-bond acceptors (Lipinski definition) is 4. The molecule has 1 atom stereocenters. The van der Waals surface area contributed by atoms with E-state index < -0.39 is 5.54 Å². The molecule has 0 saturated carbocycles. The average Bonchev–Trinajstić information content (AvgIpc) is 2.65. The van der Waals surface area contributed by atoms with Gasteiger partial charge in [-0.05, 0) is 31.2 Å². The Bertz CT molecular complexity index is 407. The highest BCUT2D eigenvalue weighted by atomic mass is 32.2. The average molecular weight is 240 g/mol. The van der Waals surface area contributed by atoms with Crippen molar-refractivity contribution in [3.63, 3.8) is 0 Å². The third-order valence-corrected chi connectivity index (χ3v) is 3.56. The summed E-state index contributed by atoms with van der Waals surface area (Å²) in [5, 5.41) is 13.0. The number of rotatable bonds is 2. The molecular weight excluding hydrogens is 227 g/mol. The second-order valence-corrected chi connectivity index (χ2v) is 4.96. The van der Waals surface area contributed by atoms with Gasteiger partial charge in [-0.25, -0.2) is 4.39 Å². The van der Waals surface area contributed by atoms with Crippen molar-refractivity contribution >= 4 is 22.6 Å². The van der Waals surface area contributed by atoms with Crippen LogP contribution >= 0.6 is 11.8 Å². The Kier molecular flexibility index (Phi) is 3.16. The van der Waals surface area contributed by atoms with E-state index in [1.54, 1.807) is 23.9 Å². The van der Waals surface area contributed by atoms with E-state index in [0.29, 0.717) is 0 Å². The molecule has 1 aromatic carbocycles. The van der Waals surface area contributed by atoms with Gasteiger partial charge >= 0.3 is 0 Å². The molecule has 0 spiro atoms. The molecule has 0 radical (unpaired) electrons. The minimum absolute atomic E-state index is 0.0363. The molecule has 1 aliphatic rings. The second kappa shape index (κ2) is 4.43. The van der Waals surface area contributed by atoms with Gasteiger partial charge in [-0.3, -0.25) is 4.99 Å². The van der Waals surface area contributed by atoms with Crippen LogP contribution in [0.1, 0.15) is 6.92 Å². The molecule has 1 aromatic rings. The number of benzene rings is 1. The highest BCUT2D eigenvalue weighted by Crippen LogP contribution is 2.27. The summed E-state index contributed by atoms with van der Waals surface area (Å²) in [6.45, 7) is 1.94. The number of nitrogens with one attached hydrogen (secondary N) is 1. The third-order valence-electron chi connectivity index (χ3n) is 2.33. The van der Waals surface area contributed by atoms with E-state index in [9.17, 15) is 4.39 Å². The first-order valence-electron chi connectivity index (χ1n) is 4.97. The molecule has 3 nitrogen and oxygen atoms in total. The van der Waals surface area contributed by atoms with Crippen LogP contribution in [0.3, 0.4) is 0 Å². The van der Waals surface area contributed by atoms with Crippen molar-refractivity contribution in [2.75, 3.05) is 17.7 Å². The topological polar surface area (TPSA) is 44.6 Å². The number of amidine groups is 1. The summed E-state index contributed by atoms with van der Waals surface area (Å²) in [6.07, 6.45) is 0. The van der Waals surface area contributed by atoms with Crippen molar-refractivity contribution in [3.8, 4) is 0 Å². The second-order valence-electron chi connectivity index (χ2n) is 3.99. The molecule has 0 amide bonds. The Morgan fingerprint density at radius 2 is 2.19 bits per heavy atom. The number of aliphatic hydroxyl groups excluding tert-OH is 1. The smallest absolute Gasteiger partial charge is 0.161 e. The first kappa shape index (κ1) is 11.4. The first-order chi connectivity index (χ1) is 7.61. The molecule has 1 aliphatic heterocycles.